The van der Waals surface area contributed by atoms with E-state index in [1.807, 2.05) is 0 Å². The Bertz CT molecular complexity index is 557. The molecule has 1 aromatic heterocycles. The van der Waals surface area contributed by atoms with Crippen LogP contribution in [0.3, 0.4) is 0 Å². The van der Waals surface area contributed by atoms with Gasteiger partial charge in [-0.05, 0) is 37.4 Å². The topological polar surface area (TPSA) is 49.4 Å². The molecule has 0 spiro atoms. The third-order valence-corrected chi connectivity index (χ3v) is 7.27. The van der Waals surface area contributed by atoms with Crippen molar-refractivity contribution in [2.24, 2.45) is 5.92 Å². The number of thiophene rings is 1. The molecule has 0 saturated carbocycles. The summed E-state index contributed by atoms with van der Waals surface area (Å²) in [5.41, 5.74) is 0. The number of halogens is 1. The normalized spacial score (nSPS) is 21.0. The maximum Gasteiger partial charge on any atom is 0.252 e. The average Bonchev–Trinajstić information content (AvgIpc) is 2.86. The van der Waals surface area contributed by atoms with Gasteiger partial charge >= 0.3 is 0 Å². The standard InChI is InChI=1S/C14H23ClN2O2S2/c1-11(2)9-16-10-12-5-3-4-8-17(12)21(18,19)14-7-6-13(15)20-14/h6-7,11-12,16H,3-5,8-10H2,1-2H3. The Labute approximate surface area is 136 Å². The molecule has 7 heteroatoms. The predicted molar refractivity (Wildman–Crippen MR) is 88.6 cm³/mol. The summed E-state index contributed by atoms with van der Waals surface area (Å²) in [4.78, 5) is 0. The van der Waals surface area contributed by atoms with E-state index >= 15 is 0 Å². The van der Waals surface area contributed by atoms with Crippen LogP contribution in [0.4, 0.5) is 0 Å². The van der Waals surface area contributed by atoms with Crippen LogP contribution in [0, 0.1) is 5.92 Å². The van der Waals surface area contributed by atoms with Crippen LogP contribution in [0.1, 0.15) is 33.1 Å². The molecule has 2 heterocycles. The Kier molecular flexibility index (Phi) is 6.08. The first-order valence-corrected chi connectivity index (χ1v) is 10.0. The summed E-state index contributed by atoms with van der Waals surface area (Å²) in [6.45, 7) is 6.53. The van der Waals surface area contributed by atoms with Crippen LogP contribution in [0.25, 0.3) is 0 Å². The fourth-order valence-corrected chi connectivity index (χ4v) is 5.89. The smallest absolute Gasteiger partial charge is 0.252 e. The molecule has 120 valence electrons. The van der Waals surface area contributed by atoms with Crippen molar-refractivity contribution >= 4 is 33.0 Å². The van der Waals surface area contributed by atoms with Crippen LogP contribution < -0.4 is 5.32 Å². The first-order chi connectivity index (χ1) is 9.91. The van der Waals surface area contributed by atoms with E-state index < -0.39 is 10.0 Å². The molecule has 4 nitrogen and oxygen atoms in total. The summed E-state index contributed by atoms with van der Waals surface area (Å²) in [5.74, 6) is 0.565. The molecule has 0 radical (unpaired) electrons. The van der Waals surface area contributed by atoms with E-state index in [1.165, 1.54) is 0 Å². The van der Waals surface area contributed by atoms with Gasteiger partial charge < -0.3 is 5.32 Å². The fraction of sp³-hybridized carbons (Fsp3) is 0.714. The van der Waals surface area contributed by atoms with Crippen molar-refractivity contribution in [3.8, 4) is 0 Å². The molecule has 0 aliphatic carbocycles. The number of hydrogen-bond acceptors (Lipinski definition) is 4. The molecule has 1 aliphatic rings. The van der Waals surface area contributed by atoms with Crippen LogP contribution in [0.2, 0.25) is 4.34 Å². The van der Waals surface area contributed by atoms with Gasteiger partial charge in [0.25, 0.3) is 10.0 Å². The van der Waals surface area contributed by atoms with Gasteiger partial charge in [-0.2, -0.15) is 4.31 Å². The predicted octanol–water partition coefficient (Wildman–Crippen LogP) is 3.19. The van der Waals surface area contributed by atoms with Crippen LogP contribution in [0.5, 0.6) is 0 Å². The Hall–Kier alpha value is -0.140. The highest BCUT2D eigenvalue weighted by molar-refractivity contribution is 7.91. The second-order valence-corrected chi connectivity index (χ2v) is 9.71. The second kappa shape index (κ2) is 7.42. The third-order valence-electron chi connectivity index (χ3n) is 3.62. The highest BCUT2D eigenvalue weighted by Gasteiger charge is 2.34. The van der Waals surface area contributed by atoms with Crippen LogP contribution in [-0.2, 0) is 10.0 Å². The van der Waals surface area contributed by atoms with E-state index in [-0.39, 0.29) is 6.04 Å². The van der Waals surface area contributed by atoms with E-state index in [2.05, 4.69) is 19.2 Å². The molecule has 0 aromatic carbocycles. The van der Waals surface area contributed by atoms with Gasteiger partial charge in [0.1, 0.15) is 4.21 Å². The maximum atomic E-state index is 12.8. The average molecular weight is 351 g/mol. The Morgan fingerprint density at radius 3 is 2.81 bits per heavy atom. The van der Waals surface area contributed by atoms with E-state index in [4.69, 9.17) is 11.6 Å². The minimum absolute atomic E-state index is 0.0448. The molecule has 21 heavy (non-hydrogen) atoms. The summed E-state index contributed by atoms with van der Waals surface area (Å²) in [5, 5.41) is 3.38. The zero-order valence-electron chi connectivity index (χ0n) is 12.5. The molecule has 1 unspecified atom stereocenters. The lowest BCUT2D eigenvalue weighted by molar-refractivity contribution is 0.244. The number of sulfonamides is 1. The summed E-state index contributed by atoms with van der Waals surface area (Å²) in [6, 6.07) is 3.30. The Morgan fingerprint density at radius 2 is 2.19 bits per heavy atom. The van der Waals surface area contributed by atoms with Gasteiger partial charge in [-0.3, -0.25) is 0 Å². The first-order valence-electron chi connectivity index (χ1n) is 7.39. The number of nitrogens with zero attached hydrogens (tertiary/aromatic N) is 1. The van der Waals surface area contributed by atoms with E-state index in [9.17, 15) is 8.42 Å². The fourth-order valence-electron chi connectivity index (χ4n) is 2.59. The van der Waals surface area contributed by atoms with Crippen molar-refractivity contribution < 1.29 is 8.42 Å². The minimum atomic E-state index is -3.41. The second-order valence-electron chi connectivity index (χ2n) is 5.88. The van der Waals surface area contributed by atoms with Gasteiger partial charge in [0.2, 0.25) is 0 Å². The summed E-state index contributed by atoms with van der Waals surface area (Å²) >= 11 is 7.02. The minimum Gasteiger partial charge on any atom is -0.315 e. The Morgan fingerprint density at radius 1 is 1.43 bits per heavy atom. The molecule has 0 amide bonds. The number of hydrogen-bond donors (Lipinski definition) is 1. The zero-order valence-corrected chi connectivity index (χ0v) is 14.9. The van der Waals surface area contributed by atoms with Crippen molar-refractivity contribution in [3.63, 3.8) is 0 Å². The van der Waals surface area contributed by atoms with Crippen molar-refractivity contribution in [2.75, 3.05) is 19.6 Å². The highest BCUT2D eigenvalue weighted by Crippen LogP contribution is 2.31. The summed E-state index contributed by atoms with van der Waals surface area (Å²) in [6.07, 6.45) is 2.94. The van der Waals surface area contributed by atoms with Crippen molar-refractivity contribution in [1.29, 1.82) is 0 Å². The van der Waals surface area contributed by atoms with Crippen LogP contribution >= 0.6 is 22.9 Å². The molecule has 2 rings (SSSR count). The molecule has 1 N–H and O–H groups in total. The number of nitrogens with one attached hydrogen (secondary N) is 1. The van der Waals surface area contributed by atoms with Gasteiger partial charge in [-0.15, -0.1) is 11.3 Å². The molecule has 1 aliphatic heterocycles. The van der Waals surface area contributed by atoms with E-state index in [1.54, 1.807) is 16.4 Å². The molecule has 1 atom stereocenters. The summed E-state index contributed by atoms with van der Waals surface area (Å²) in [7, 11) is -3.41. The van der Waals surface area contributed by atoms with E-state index in [0.717, 1.165) is 43.7 Å². The van der Waals surface area contributed by atoms with E-state index in [0.29, 0.717) is 21.0 Å². The molecule has 1 aromatic rings. The number of rotatable bonds is 6. The van der Waals surface area contributed by atoms with Crippen molar-refractivity contribution in [1.82, 2.24) is 9.62 Å². The number of piperidine rings is 1. The van der Waals surface area contributed by atoms with Gasteiger partial charge in [0, 0.05) is 19.1 Å². The quantitative estimate of drug-likeness (QED) is 0.857. The SMILES string of the molecule is CC(C)CNCC1CCCCN1S(=O)(=O)c1ccc(Cl)s1. The van der Waals surface area contributed by atoms with Crippen LogP contribution in [0.15, 0.2) is 16.3 Å². The van der Waals surface area contributed by atoms with Gasteiger partial charge in [-0.25, -0.2) is 8.42 Å². The lowest BCUT2D eigenvalue weighted by Crippen LogP contribution is -2.48. The molecular weight excluding hydrogens is 328 g/mol. The lowest BCUT2D eigenvalue weighted by Gasteiger charge is -2.34. The molecular formula is C14H23ClN2O2S2. The maximum absolute atomic E-state index is 12.8. The molecule has 0 bridgehead atoms. The molecule has 1 saturated heterocycles. The van der Waals surface area contributed by atoms with Gasteiger partial charge in [-0.1, -0.05) is 31.9 Å². The first kappa shape index (κ1) is 17.2. The Balaban J connectivity index is 2.10. The monoisotopic (exact) mass is 350 g/mol. The van der Waals surface area contributed by atoms with Crippen molar-refractivity contribution in [2.45, 2.75) is 43.4 Å². The molecule has 1 fully saturated rings. The van der Waals surface area contributed by atoms with Gasteiger partial charge in [0.05, 0.1) is 4.34 Å². The van der Waals surface area contributed by atoms with Gasteiger partial charge in [0.15, 0.2) is 0 Å². The van der Waals surface area contributed by atoms with Crippen LogP contribution in [-0.4, -0.2) is 38.4 Å². The summed E-state index contributed by atoms with van der Waals surface area (Å²) < 4.78 is 28.0. The lowest BCUT2D eigenvalue weighted by atomic mass is 10.0. The van der Waals surface area contributed by atoms with Crippen molar-refractivity contribution in [3.05, 3.63) is 16.5 Å². The highest BCUT2D eigenvalue weighted by atomic mass is 35.5. The third kappa shape index (κ3) is 4.42. The zero-order chi connectivity index (χ0) is 15.5. The largest absolute Gasteiger partial charge is 0.315 e.